The van der Waals surface area contributed by atoms with Gasteiger partial charge in [-0.25, -0.2) is 13.1 Å². The lowest BCUT2D eigenvalue weighted by atomic mass is 10.3. The van der Waals surface area contributed by atoms with Crippen LogP contribution >= 0.6 is 27.3 Å². The van der Waals surface area contributed by atoms with Gasteiger partial charge in [0.05, 0.1) is 10.3 Å². The van der Waals surface area contributed by atoms with E-state index in [1.165, 1.54) is 6.07 Å². The summed E-state index contributed by atoms with van der Waals surface area (Å²) in [5.41, 5.74) is 5.34. The van der Waals surface area contributed by atoms with Crippen LogP contribution in [0.15, 0.2) is 20.1 Å². The van der Waals surface area contributed by atoms with Crippen molar-refractivity contribution in [1.82, 2.24) is 10.0 Å². The van der Waals surface area contributed by atoms with Gasteiger partial charge in [0.1, 0.15) is 4.21 Å². The number of nitrogens with two attached hydrogens (primary N) is 1. The number of thiophene rings is 1. The van der Waals surface area contributed by atoms with Crippen LogP contribution in [0.1, 0.15) is 6.92 Å². The second kappa shape index (κ2) is 6.62. The zero-order chi connectivity index (χ0) is 13.8. The van der Waals surface area contributed by atoms with E-state index in [9.17, 15) is 13.2 Å². The number of rotatable bonds is 6. The van der Waals surface area contributed by atoms with E-state index in [1.54, 1.807) is 13.0 Å². The van der Waals surface area contributed by atoms with Crippen molar-refractivity contribution < 1.29 is 13.2 Å². The first-order chi connectivity index (χ1) is 8.35. The predicted molar refractivity (Wildman–Crippen MR) is 73.9 cm³/mol. The minimum absolute atomic E-state index is 0.161. The number of hydrogen-bond acceptors (Lipinski definition) is 5. The Morgan fingerprint density at radius 2 is 2.22 bits per heavy atom. The third-order valence-corrected chi connectivity index (χ3v) is 5.51. The zero-order valence-electron chi connectivity index (χ0n) is 9.64. The molecule has 0 aliphatic rings. The van der Waals surface area contributed by atoms with Crippen molar-refractivity contribution in [2.24, 2.45) is 5.73 Å². The molecule has 1 aromatic heterocycles. The summed E-state index contributed by atoms with van der Waals surface area (Å²) in [6.07, 6.45) is 0. The van der Waals surface area contributed by atoms with Crippen molar-refractivity contribution in [2.75, 3.05) is 13.1 Å². The first-order valence-electron chi connectivity index (χ1n) is 5.09. The van der Waals surface area contributed by atoms with Crippen LogP contribution in [-0.2, 0) is 14.8 Å². The Morgan fingerprint density at radius 3 is 2.72 bits per heavy atom. The summed E-state index contributed by atoms with van der Waals surface area (Å²) in [5.74, 6) is -0.410. The van der Waals surface area contributed by atoms with Crippen LogP contribution in [0, 0.1) is 0 Å². The standard InChI is InChI=1S/C9H14BrN3O3S2/c1-6(4-11)13-8(14)5-12-18(15,16)9-3-2-7(10)17-9/h2-3,6,12H,4-5,11H2,1H3,(H,13,14)/t6-/m0/s1. The zero-order valence-corrected chi connectivity index (χ0v) is 12.9. The molecule has 1 rings (SSSR count). The molecular weight excluding hydrogens is 342 g/mol. The highest BCUT2D eigenvalue weighted by Crippen LogP contribution is 2.25. The normalized spacial score (nSPS) is 13.3. The van der Waals surface area contributed by atoms with E-state index < -0.39 is 15.9 Å². The fourth-order valence-electron chi connectivity index (χ4n) is 1.06. The van der Waals surface area contributed by atoms with Crippen LogP contribution in [0.3, 0.4) is 0 Å². The topological polar surface area (TPSA) is 101 Å². The molecule has 0 radical (unpaired) electrons. The molecule has 4 N–H and O–H groups in total. The van der Waals surface area contributed by atoms with Gasteiger partial charge in [0.2, 0.25) is 5.91 Å². The van der Waals surface area contributed by atoms with E-state index in [0.29, 0.717) is 10.3 Å². The lowest BCUT2D eigenvalue weighted by Crippen LogP contribution is -2.43. The van der Waals surface area contributed by atoms with Gasteiger partial charge in [-0.3, -0.25) is 4.79 Å². The Labute approximate surface area is 118 Å². The SMILES string of the molecule is C[C@@H](CN)NC(=O)CNS(=O)(=O)c1ccc(Br)s1. The fraction of sp³-hybridized carbons (Fsp3) is 0.444. The number of nitrogens with one attached hydrogen (secondary N) is 2. The highest BCUT2D eigenvalue weighted by Gasteiger charge is 2.17. The van der Waals surface area contributed by atoms with E-state index in [1.807, 2.05) is 0 Å². The number of hydrogen-bond donors (Lipinski definition) is 3. The fourth-order valence-corrected chi connectivity index (χ4v) is 4.10. The van der Waals surface area contributed by atoms with E-state index in [0.717, 1.165) is 11.3 Å². The molecular formula is C9H14BrN3O3S2. The van der Waals surface area contributed by atoms with Gasteiger partial charge in [-0.15, -0.1) is 11.3 Å². The van der Waals surface area contributed by atoms with Crippen molar-refractivity contribution in [3.63, 3.8) is 0 Å². The summed E-state index contributed by atoms with van der Waals surface area (Å²) in [6, 6.07) is 2.92. The lowest BCUT2D eigenvalue weighted by molar-refractivity contribution is -0.120. The van der Waals surface area contributed by atoms with Gasteiger partial charge in [0.15, 0.2) is 0 Å². The van der Waals surface area contributed by atoms with Gasteiger partial charge >= 0.3 is 0 Å². The summed E-state index contributed by atoms with van der Waals surface area (Å²) in [7, 11) is -3.63. The molecule has 1 aromatic rings. The van der Waals surface area contributed by atoms with Crippen LogP contribution < -0.4 is 15.8 Å². The molecule has 18 heavy (non-hydrogen) atoms. The first-order valence-corrected chi connectivity index (χ1v) is 8.19. The van der Waals surface area contributed by atoms with Gasteiger partial charge in [-0.2, -0.15) is 0 Å². The smallest absolute Gasteiger partial charge is 0.250 e. The van der Waals surface area contributed by atoms with Crippen LogP contribution in [0.4, 0.5) is 0 Å². The molecule has 0 aliphatic carbocycles. The molecule has 102 valence electrons. The Morgan fingerprint density at radius 1 is 1.56 bits per heavy atom. The minimum atomic E-state index is -3.63. The monoisotopic (exact) mass is 355 g/mol. The maximum Gasteiger partial charge on any atom is 0.250 e. The molecule has 0 saturated carbocycles. The molecule has 0 unspecified atom stereocenters. The average molecular weight is 356 g/mol. The number of sulfonamides is 1. The Hall–Kier alpha value is -0.480. The van der Waals surface area contributed by atoms with Crippen LogP contribution in [0.5, 0.6) is 0 Å². The number of halogens is 1. The van der Waals surface area contributed by atoms with E-state index in [2.05, 4.69) is 26.0 Å². The summed E-state index contributed by atoms with van der Waals surface area (Å²) in [6.45, 7) is 1.74. The molecule has 1 heterocycles. The molecule has 6 nitrogen and oxygen atoms in total. The summed E-state index contributed by atoms with van der Waals surface area (Å²) in [5, 5.41) is 2.56. The molecule has 0 fully saturated rings. The average Bonchev–Trinajstić information content (AvgIpc) is 2.74. The molecule has 0 saturated heterocycles. The van der Waals surface area contributed by atoms with Crippen molar-refractivity contribution in [3.8, 4) is 0 Å². The molecule has 0 aromatic carbocycles. The number of carbonyl (C=O) groups excluding carboxylic acids is 1. The second-order valence-electron chi connectivity index (χ2n) is 3.59. The second-order valence-corrected chi connectivity index (χ2v) is 8.04. The number of carbonyl (C=O) groups is 1. The summed E-state index contributed by atoms with van der Waals surface area (Å²) >= 11 is 4.26. The Balaban J connectivity index is 2.55. The van der Waals surface area contributed by atoms with Crippen LogP contribution in [-0.4, -0.2) is 33.5 Å². The van der Waals surface area contributed by atoms with Gasteiger partial charge in [-0.1, -0.05) is 0 Å². The minimum Gasteiger partial charge on any atom is -0.351 e. The number of amides is 1. The van der Waals surface area contributed by atoms with Gasteiger partial charge in [0.25, 0.3) is 10.0 Å². The van der Waals surface area contributed by atoms with Crippen molar-refractivity contribution in [3.05, 3.63) is 15.9 Å². The molecule has 0 aliphatic heterocycles. The molecule has 1 atom stereocenters. The molecule has 1 amide bonds. The van der Waals surface area contributed by atoms with E-state index in [-0.39, 0.29) is 16.8 Å². The third-order valence-electron chi connectivity index (χ3n) is 2.00. The van der Waals surface area contributed by atoms with Gasteiger partial charge in [-0.05, 0) is 35.0 Å². The summed E-state index contributed by atoms with van der Waals surface area (Å²) in [4.78, 5) is 11.4. The quantitative estimate of drug-likeness (QED) is 0.680. The van der Waals surface area contributed by atoms with Crippen molar-refractivity contribution in [1.29, 1.82) is 0 Å². The predicted octanol–water partition coefficient (Wildman–Crippen LogP) is 0.252. The Bertz CT molecular complexity index is 515. The largest absolute Gasteiger partial charge is 0.351 e. The van der Waals surface area contributed by atoms with E-state index >= 15 is 0 Å². The first kappa shape index (κ1) is 15.6. The summed E-state index contributed by atoms with van der Waals surface area (Å²) < 4.78 is 26.7. The highest BCUT2D eigenvalue weighted by atomic mass is 79.9. The third kappa shape index (κ3) is 4.65. The van der Waals surface area contributed by atoms with Crippen molar-refractivity contribution >= 4 is 43.2 Å². The molecule has 0 bridgehead atoms. The molecule has 0 spiro atoms. The highest BCUT2D eigenvalue weighted by molar-refractivity contribution is 9.11. The van der Waals surface area contributed by atoms with Crippen molar-refractivity contribution in [2.45, 2.75) is 17.2 Å². The van der Waals surface area contributed by atoms with Gasteiger partial charge in [0, 0.05) is 12.6 Å². The molecule has 9 heteroatoms. The lowest BCUT2D eigenvalue weighted by Gasteiger charge is -2.11. The maximum atomic E-state index is 11.8. The maximum absolute atomic E-state index is 11.8. The van der Waals surface area contributed by atoms with Crippen LogP contribution in [0.25, 0.3) is 0 Å². The van der Waals surface area contributed by atoms with Gasteiger partial charge < -0.3 is 11.1 Å². The Kier molecular flexibility index (Phi) is 5.73. The van der Waals surface area contributed by atoms with Crippen LogP contribution in [0.2, 0.25) is 0 Å². The van der Waals surface area contributed by atoms with E-state index in [4.69, 9.17) is 5.73 Å².